The van der Waals surface area contributed by atoms with E-state index < -0.39 is 5.96 Å². The molecule has 0 aliphatic carbocycles. The molecule has 0 rings (SSSR count). The van der Waals surface area contributed by atoms with Crippen LogP contribution >= 0.6 is 28.8 Å². The molecule has 0 saturated carbocycles. The summed E-state index contributed by atoms with van der Waals surface area (Å²) >= 11 is 12.4. The van der Waals surface area contributed by atoms with Gasteiger partial charge in [-0.3, -0.25) is 0 Å². The van der Waals surface area contributed by atoms with Gasteiger partial charge in [-0.2, -0.15) is 0 Å². The molecule has 0 aromatic rings. The minimum atomic E-state index is -1.91. The molecule has 3 heteroatoms. The van der Waals surface area contributed by atoms with Crippen LogP contribution in [0.2, 0.25) is 0 Å². The normalized spacial score (nSPS) is 16.3. The molecule has 0 spiro atoms. The third kappa shape index (κ3) is 2.00. The van der Waals surface area contributed by atoms with Gasteiger partial charge in [-0.1, -0.05) is 0 Å². The number of hydrogen-bond acceptors (Lipinski definition) is 0. The Bertz CT molecular complexity index is 86.7. The number of halogens is 2. The molecule has 0 aromatic carbocycles. The second kappa shape index (κ2) is 3.61. The van der Waals surface area contributed by atoms with Gasteiger partial charge in [0.15, 0.2) is 0 Å². The van der Waals surface area contributed by atoms with Gasteiger partial charge in [0.05, 0.1) is 0 Å². The van der Waals surface area contributed by atoms with Gasteiger partial charge in [0, 0.05) is 0 Å². The molecule has 0 radical (unpaired) electrons. The van der Waals surface area contributed by atoms with E-state index in [0.29, 0.717) is 5.62 Å². The van der Waals surface area contributed by atoms with E-state index in [4.69, 9.17) is 22.8 Å². The van der Waals surface area contributed by atoms with Crippen molar-refractivity contribution in [3.05, 3.63) is 0 Å². The van der Waals surface area contributed by atoms with Crippen LogP contribution in [-0.4, -0.2) is 24.1 Å². The average Bonchev–Trinajstić information content (AvgIpc) is 2.04. The second-order valence-electron chi connectivity index (χ2n) is 2.89. The molecule has 0 amide bonds. The van der Waals surface area contributed by atoms with Gasteiger partial charge in [0.25, 0.3) is 0 Å². The van der Waals surface area contributed by atoms with E-state index in [0.717, 1.165) is 18.5 Å². The third-order valence-corrected chi connectivity index (χ3v) is 12.8. The van der Waals surface area contributed by atoms with Crippen LogP contribution in [0.1, 0.15) is 20.8 Å². The van der Waals surface area contributed by atoms with E-state index in [-0.39, 0.29) is 0 Å². The summed E-state index contributed by atoms with van der Waals surface area (Å²) in [6.07, 6.45) is 3.22. The van der Waals surface area contributed by atoms with Crippen molar-refractivity contribution in [3.8, 4) is 0 Å². The first-order valence-electron chi connectivity index (χ1n) is 3.82. The molecule has 64 valence electrons. The standard InChI is InChI=1S/C7H17Cl2P/c1-4-10(9,5-2,6-3)7-8/h4-7H2,1-3H3. The van der Waals surface area contributed by atoms with Crippen LogP contribution < -0.4 is 0 Å². The van der Waals surface area contributed by atoms with Crippen LogP contribution in [0.4, 0.5) is 0 Å². The zero-order valence-corrected chi connectivity index (χ0v) is 9.44. The fourth-order valence-electron chi connectivity index (χ4n) is 0.924. The molecule has 0 fully saturated rings. The predicted octanol–water partition coefficient (Wildman–Crippen LogP) is 3.95. The number of rotatable bonds is 4. The minimum absolute atomic E-state index is 0.677. The van der Waals surface area contributed by atoms with Crippen molar-refractivity contribution in [2.24, 2.45) is 0 Å². The predicted molar refractivity (Wildman–Crippen MR) is 55.1 cm³/mol. The van der Waals surface area contributed by atoms with Crippen LogP contribution in [0.25, 0.3) is 0 Å². The van der Waals surface area contributed by atoms with E-state index in [1.165, 1.54) is 0 Å². The summed E-state index contributed by atoms with van der Waals surface area (Å²) in [6, 6.07) is 0. The summed E-state index contributed by atoms with van der Waals surface area (Å²) in [7, 11) is 0. The summed E-state index contributed by atoms with van der Waals surface area (Å²) < 4.78 is 0. The van der Waals surface area contributed by atoms with Crippen molar-refractivity contribution in [2.45, 2.75) is 20.8 Å². The Balaban J connectivity index is 4.42. The van der Waals surface area contributed by atoms with Crippen molar-refractivity contribution >= 4 is 28.8 Å². The fourth-order valence-corrected chi connectivity index (χ4v) is 4.29. The summed E-state index contributed by atoms with van der Waals surface area (Å²) in [5.41, 5.74) is 0.677. The topological polar surface area (TPSA) is 0 Å². The quantitative estimate of drug-likeness (QED) is 0.479. The van der Waals surface area contributed by atoms with Crippen LogP contribution in [0.5, 0.6) is 0 Å². The Morgan fingerprint density at radius 1 is 1.00 bits per heavy atom. The van der Waals surface area contributed by atoms with E-state index in [9.17, 15) is 0 Å². The first kappa shape index (κ1) is 11.0. The Morgan fingerprint density at radius 3 is 1.30 bits per heavy atom. The summed E-state index contributed by atoms with van der Waals surface area (Å²) in [5.74, 6) is -1.91. The first-order valence-corrected chi connectivity index (χ1v) is 8.24. The van der Waals surface area contributed by atoms with Crippen molar-refractivity contribution in [1.82, 2.24) is 0 Å². The first-order chi connectivity index (χ1) is 4.54. The van der Waals surface area contributed by atoms with Gasteiger partial charge in [-0.15, -0.1) is 0 Å². The Hall–Kier alpha value is 1.01. The van der Waals surface area contributed by atoms with Gasteiger partial charge in [-0.05, 0) is 0 Å². The van der Waals surface area contributed by atoms with Crippen LogP contribution in [0.3, 0.4) is 0 Å². The molecule has 0 aliphatic heterocycles. The summed E-state index contributed by atoms with van der Waals surface area (Å²) in [4.78, 5) is 0. The van der Waals surface area contributed by atoms with E-state index >= 15 is 0 Å². The molecule has 0 saturated heterocycles. The average molecular weight is 203 g/mol. The Kier molecular flexibility index (Phi) is 3.97. The van der Waals surface area contributed by atoms with Crippen molar-refractivity contribution < 1.29 is 0 Å². The zero-order chi connectivity index (χ0) is 8.28. The second-order valence-corrected chi connectivity index (χ2v) is 12.2. The molecule has 0 N–H and O–H groups in total. The van der Waals surface area contributed by atoms with Gasteiger partial charge in [0.2, 0.25) is 0 Å². The Labute approximate surface area is 74.0 Å². The number of alkyl halides is 1. The van der Waals surface area contributed by atoms with Gasteiger partial charge < -0.3 is 0 Å². The molecule has 0 nitrogen and oxygen atoms in total. The molecule has 0 heterocycles. The van der Waals surface area contributed by atoms with E-state index in [2.05, 4.69) is 20.8 Å². The van der Waals surface area contributed by atoms with Crippen molar-refractivity contribution in [2.75, 3.05) is 24.1 Å². The maximum atomic E-state index is 6.53. The summed E-state index contributed by atoms with van der Waals surface area (Å²) in [6.45, 7) is 6.46. The molecular weight excluding hydrogens is 186 g/mol. The van der Waals surface area contributed by atoms with Crippen molar-refractivity contribution in [3.63, 3.8) is 0 Å². The van der Waals surface area contributed by atoms with Gasteiger partial charge >= 0.3 is 73.7 Å². The van der Waals surface area contributed by atoms with E-state index in [1.54, 1.807) is 0 Å². The molecule has 0 aliphatic rings. The van der Waals surface area contributed by atoms with Crippen molar-refractivity contribution in [1.29, 1.82) is 0 Å². The van der Waals surface area contributed by atoms with Crippen LogP contribution in [-0.2, 0) is 0 Å². The van der Waals surface area contributed by atoms with Gasteiger partial charge in [-0.25, -0.2) is 0 Å². The maximum absolute atomic E-state index is 6.53. The zero-order valence-electron chi connectivity index (χ0n) is 7.03. The van der Waals surface area contributed by atoms with E-state index in [1.807, 2.05) is 0 Å². The molecule has 0 atom stereocenters. The number of hydrogen-bond donors (Lipinski definition) is 0. The summed E-state index contributed by atoms with van der Waals surface area (Å²) in [5, 5.41) is 0. The monoisotopic (exact) mass is 202 g/mol. The third-order valence-electron chi connectivity index (χ3n) is 2.67. The van der Waals surface area contributed by atoms with Crippen LogP contribution in [0, 0.1) is 0 Å². The fraction of sp³-hybridized carbons (Fsp3) is 1.00. The molecular formula is C7H17Cl2P. The Morgan fingerprint density at radius 2 is 1.30 bits per heavy atom. The molecule has 10 heavy (non-hydrogen) atoms. The molecule has 0 bridgehead atoms. The van der Waals surface area contributed by atoms with Crippen LogP contribution in [0.15, 0.2) is 0 Å². The van der Waals surface area contributed by atoms with Gasteiger partial charge in [0.1, 0.15) is 0 Å². The SMILES string of the molecule is CCP(Cl)(CC)(CC)CCl. The molecule has 0 aromatic heterocycles. The molecule has 0 unspecified atom stereocenters.